The summed E-state index contributed by atoms with van der Waals surface area (Å²) in [6.07, 6.45) is 4.67. The van der Waals surface area contributed by atoms with E-state index in [4.69, 9.17) is 4.74 Å². The van der Waals surface area contributed by atoms with E-state index in [0.29, 0.717) is 12.4 Å². The molecule has 0 radical (unpaired) electrons. The molecular weight excluding hydrogens is 256 g/mol. The third-order valence-corrected chi connectivity index (χ3v) is 2.71. The second kappa shape index (κ2) is 7.57. The van der Waals surface area contributed by atoms with Crippen LogP contribution < -0.4 is 4.74 Å². The summed E-state index contributed by atoms with van der Waals surface area (Å²) in [6, 6.07) is 7.08. The lowest BCUT2D eigenvalue weighted by molar-refractivity contribution is 0.289. The van der Waals surface area contributed by atoms with Crippen LogP contribution in [-0.4, -0.2) is 17.0 Å². The highest BCUT2D eigenvalue weighted by Gasteiger charge is 1.99. The lowest BCUT2D eigenvalue weighted by atomic mass is 10.2. The van der Waals surface area contributed by atoms with E-state index < -0.39 is 0 Å². The zero-order valence-corrected chi connectivity index (χ0v) is 10.4. The van der Waals surface area contributed by atoms with Gasteiger partial charge in [-0.2, -0.15) is 0 Å². The molecule has 2 nitrogen and oxygen atoms in total. The Labute approximate surface area is 99.4 Å². The van der Waals surface area contributed by atoms with E-state index in [1.807, 2.05) is 6.07 Å². The molecule has 0 saturated heterocycles. The van der Waals surface area contributed by atoms with Gasteiger partial charge in [-0.15, -0.1) is 0 Å². The van der Waals surface area contributed by atoms with Gasteiger partial charge in [0.2, 0.25) is 0 Å². The maximum Gasteiger partial charge on any atom is 0.160 e. The first-order chi connectivity index (χ1) is 7.34. The van der Waals surface area contributed by atoms with Crippen molar-refractivity contribution in [1.29, 1.82) is 0 Å². The summed E-state index contributed by atoms with van der Waals surface area (Å²) in [5, 5.41) is 10.5. The number of benzene rings is 1. The molecule has 15 heavy (non-hydrogen) atoms. The third-order valence-electron chi connectivity index (χ3n) is 2.15. The molecule has 0 bridgehead atoms. The van der Waals surface area contributed by atoms with Gasteiger partial charge in [-0.05, 0) is 25.0 Å². The molecule has 1 aromatic rings. The second-order valence-electron chi connectivity index (χ2n) is 3.42. The van der Waals surface area contributed by atoms with E-state index in [9.17, 15) is 5.11 Å². The van der Waals surface area contributed by atoms with Crippen LogP contribution in [0.25, 0.3) is 0 Å². The van der Waals surface area contributed by atoms with Crippen LogP contribution in [0.5, 0.6) is 11.5 Å². The first-order valence-electron chi connectivity index (χ1n) is 5.31. The van der Waals surface area contributed by atoms with Crippen molar-refractivity contribution in [1.82, 2.24) is 0 Å². The molecule has 0 atom stereocenters. The molecule has 1 rings (SSSR count). The van der Waals surface area contributed by atoms with E-state index in [1.54, 1.807) is 18.2 Å². The van der Waals surface area contributed by atoms with Crippen LogP contribution >= 0.6 is 15.9 Å². The van der Waals surface area contributed by atoms with Crippen LogP contribution in [0, 0.1) is 0 Å². The standard InChI is InChI=1S/C12H17BrO2/c13-9-5-1-2-6-10-15-12-8-4-3-7-11(12)14/h3-4,7-8,14H,1-2,5-6,9-10H2. The Kier molecular flexibility index (Phi) is 6.25. The minimum Gasteiger partial charge on any atom is -0.504 e. The van der Waals surface area contributed by atoms with E-state index >= 15 is 0 Å². The fourth-order valence-corrected chi connectivity index (χ4v) is 1.71. The normalized spacial score (nSPS) is 10.2. The average Bonchev–Trinajstić information content (AvgIpc) is 2.25. The highest BCUT2D eigenvalue weighted by atomic mass is 79.9. The smallest absolute Gasteiger partial charge is 0.160 e. The van der Waals surface area contributed by atoms with E-state index in [0.717, 1.165) is 11.8 Å². The Morgan fingerprint density at radius 1 is 1.07 bits per heavy atom. The summed E-state index contributed by atoms with van der Waals surface area (Å²) in [6.45, 7) is 0.680. The number of phenols is 1. The molecule has 0 amide bonds. The molecule has 0 aliphatic carbocycles. The third kappa shape index (κ3) is 5.07. The first kappa shape index (κ1) is 12.4. The van der Waals surface area contributed by atoms with Crippen molar-refractivity contribution in [2.45, 2.75) is 25.7 Å². The van der Waals surface area contributed by atoms with Crippen molar-refractivity contribution in [2.75, 3.05) is 11.9 Å². The molecule has 0 aliphatic heterocycles. The number of halogens is 1. The summed E-state index contributed by atoms with van der Waals surface area (Å²) in [7, 11) is 0. The molecule has 1 N–H and O–H groups in total. The summed E-state index contributed by atoms with van der Waals surface area (Å²) in [5.74, 6) is 0.802. The van der Waals surface area contributed by atoms with Gasteiger partial charge < -0.3 is 9.84 Å². The van der Waals surface area contributed by atoms with Gasteiger partial charge in [-0.3, -0.25) is 0 Å². The molecule has 0 spiro atoms. The van der Waals surface area contributed by atoms with Gasteiger partial charge in [0.15, 0.2) is 11.5 Å². The summed E-state index contributed by atoms with van der Waals surface area (Å²) >= 11 is 3.40. The Balaban J connectivity index is 2.12. The number of para-hydroxylation sites is 2. The fraction of sp³-hybridized carbons (Fsp3) is 0.500. The topological polar surface area (TPSA) is 29.5 Å². The lowest BCUT2D eigenvalue weighted by Crippen LogP contribution is -1.97. The van der Waals surface area contributed by atoms with Crippen molar-refractivity contribution < 1.29 is 9.84 Å². The zero-order chi connectivity index (χ0) is 10.9. The highest BCUT2D eigenvalue weighted by Crippen LogP contribution is 2.24. The summed E-state index contributed by atoms with van der Waals surface area (Å²) in [5.41, 5.74) is 0. The van der Waals surface area contributed by atoms with Crippen molar-refractivity contribution in [3.63, 3.8) is 0 Å². The number of ether oxygens (including phenoxy) is 1. The molecule has 0 aliphatic rings. The average molecular weight is 273 g/mol. The van der Waals surface area contributed by atoms with E-state index in [2.05, 4.69) is 15.9 Å². The maximum atomic E-state index is 9.42. The lowest BCUT2D eigenvalue weighted by Gasteiger charge is -2.07. The molecule has 0 unspecified atom stereocenters. The van der Waals surface area contributed by atoms with Crippen molar-refractivity contribution in [3.8, 4) is 11.5 Å². The summed E-state index contributed by atoms with van der Waals surface area (Å²) in [4.78, 5) is 0. The molecule has 84 valence electrons. The van der Waals surface area contributed by atoms with E-state index in [-0.39, 0.29) is 5.75 Å². The minimum atomic E-state index is 0.220. The number of phenolic OH excluding ortho intramolecular Hbond substituents is 1. The quantitative estimate of drug-likeness (QED) is 0.606. The summed E-state index contributed by atoms with van der Waals surface area (Å²) < 4.78 is 5.46. The predicted octanol–water partition coefficient (Wildman–Crippen LogP) is 3.73. The number of aromatic hydroxyl groups is 1. The second-order valence-corrected chi connectivity index (χ2v) is 4.21. The Bertz CT molecular complexity index is 276. The van der Waals surface area contributed by atoms with Gasteiger partial charge in [-0.25, -0.2) is 0 Å². The predicted molar refractivity (Wildman–Crippen MR) is 65.9 cm³/mol. The van der Waals surface area contributed by atoms with Crippen molar-refractivity contribution in [2.24, 2.45) is 0 Å². The van der Waals surface area contributed by atoms with Crippen LogP contribution in [0.1, 0.15) is 25.7 Å². The van der Waals surface area contributed by atoms with Gasteiger partial charge in [-0.1, -0.05) is 40.9 Å². The van der Waals surface area contributed by atoms with Gasteiger partial charge >= 0.3 is 0 Å². The fourth-order valence-electron chi connectivity index (χ4n) is 1.31. The van der Waals surface area contributed by atoms with Gasteiger partial charge in [0.25, 0.3) is 0 Å². The number of rotatable bonds is 7. The monoisotopic (exact) mass is 272 g/mol. The maximum absolute atomic E-state index is 9.42. The number of hydrogen-bond donors (Lipinski definition) is 1. The van der Waals surface area contributed by atoms with Gasteiger partial charge in [0.1, 0.15) is 0 Å². The van der Waals surface area contributed by atoms with Crippen LogP contribution in [-0.2, 0) is 0 Å². The highest BCUT2D eigenvalue weighted by molar-refractivity contribution is 9.09. The Morgan fingerprint density at radius 2 is 1.80 bits per heavy atom. The van der Waals surface area contributed by atoms with Gasteiger partial charge in [0, 0.05) is 5.33 Å². The minimum absolute atomic E-state index is 0.220. The van der Waals surface area contributed by atoms with Crippen molar-refractivity contribution >= 4 is 15.9 Å². The molecule has 0 aromatic heterocycles. The zero-order valence-electron chi connectivity index (χ0n) is 8.79. The van der Waals surface area contributed by atoms with Crippen LogP contribution in [0.15, 0.2) is 24.3 Å². The largest absolute Gasteiger partial charge is 0.504 e. The molecule has 3 heteroatoms. The van der Waals surface area contributed by atoms with Crippen LogP contribution in [0.4, 0.5) is 0 Å². The first-order valence-corrected chi connectivity index (χ1v) is 6.43. The SMILES string of the molecule is Oc1ccccc1OCCCCCCBr. The number of alkyl halides is 1. The van der Waals surface area contributed by atoms with E-state index in [1.165, 1.54) is 19.3 Å². The molecule has 1 aromatic carbocycles. The molecular formula is C12H17BrO2. The molecule has 0 saturated carbocycles. The Morgan fingerprint density at radius 3 is 2.53 bits per heavy atom. The van der Waals surface area contributed by atoms with Crippen LogP contribution in [0.2, 0.25) is 0 Å². The number of hydrogen-bond acceptors (Lipinski definition) is 2. The van der Waals surface area contributed by atoms with Crippen molar-refractivity contribution in [3.05, 3.63) is 24.3 Å². The molecule has 0 heterocycles. The number of unbranched alkanes of at least 4 members (excludes halogenated alkanes) is 3. The van der Waals surface area contributed by atoms with Gasteiger partial charge in [0.05, 0.1) is 6.61 Å². The Hall–Kier alpha value is -0.700. The van der Waals surface area contributed by atoms with Crippen LogP contribution in [0.3, 0.4) is 0 Å². The molecule has 0 fully saturated rings.